The van der Waals surface area contributed by atoms with Crippen LogP contribution in [0.2, 0.25) is 0 Å². The van der Waals surface area contributed by atoms with Crippen LogP contribution in [-0.4, -0.2) is 21.8 Å². The van der Waals surface area contributed by atoms with Crippen LogP contribution in [0.3, 0.4) is 0 Å². The van der Waals surface area contributed by atoms with E-state index < -0.39 is 11.6 Å². The lowest BCUT2D eigenvalue weighted by Crippen LogP contribution is -2.41. The molecule has 0 aliphatic carbocycles. The van der Waals surface area contributed by atoms with Gasteiger partial charge in [0.15, 0.2) is 0 Å². The molecule has 0 radical (unpaired) electrons. The van der Waals surface area contributed by atoms with Crippen molar-refractivity contribution in [1.82, 2.24) is 15.2 Å². The Morgan fingerprint density at radius 3 is 2.55 bits per heavy atom. The average Bonchev–Trinajstić information content (AvgIpc) is 3.33. The standard InChI is InChI=1S/C25H21N3O3/c1-16-10-12-18(13-11-16)22-26-19(15-31-22)14-28-23(29)25(2,27-24(28)30)21-9-5-7-17-6-3-4-8-20(17)21/h3-13,15H,14H2,1-2H3,(H,27,30). The molecule has 6 heteroatoms. The summed E-state index contributed by atoms with van der Waals surface area (Å²) >= 11 is 0. The summed E-state index contributed by atoms with van der Waals surface area (Å²) < 4.78 is 5.58. The van der Waals surface area contributed by atoms with Crippen LogP contribution in [0, 0.1) is 6.92 Å². The molecule has 0 bridgehead atoms. The fraction of sp³-hybridized carbons (Fsp3) is 0.160. The maximum atomic E-state index is 13.4. The molecule has 6 nitrogen and oxygen atoms in total. The number of rotatable bonds is 4. The number of fused-ring (bicyclic) bond motifs is 1. The fourth-order valence-corrected chi connectivity index (χ4v) is 4.05. The molecule has 31 heavy (non-hydrogen) atoms. The molecule has 1 saturated heterocycles. The molecule has 0 saturated carbocycles. The number of oxazole rings is 1. The van der Waals surface area contributed by atoms with Crippen LogP contribution < -0.4 is 5.32 Å². The first-order chi connectivity index (χ1) is 15.0. The molecule has 2 heterocycles. The number of hydrogen-bond donors (Lipinski definition) is 1. The lowest BCUT2D eigenvalue weighted by Gasteiger charge is -2.24. The highest BCUT2D eigenvalue weighted by Gasteiger charge is 2.49. The fourth-order valence-electron chi connectivity index (χ4n) is 4.05. The smallest absolute Gasteiger partial charge is 0.325 e. The number of nitrogens with zero attached hydrogens (tertiary/aromatic N) is 2. The molecule has 1 unspecified atom stereocenters. The van der Waals surface area contributed by atoms with Gasteiger partial charge in [-0.15, -0.1) is 0 Å². The van der Waals surface area contributed by atoms with E-state index in [9.17, 15) is 9.59 Å². The summed E-state index contributed by atoms with van der Waals surface area (Å²) in [6.45, 7) is 3.80. The minimum absolute atomic E-state index is 0.0420. The van der Waals surface area contributed by atoms with Gasteiger partial charge in [0.2, 0.25) is 5.89 Å². The number of nitrogens with one attached hydrogen (secondary N) is 1. The third-order valence-electron chi connectivity index (χ3n) is 5.77. The maximum absolute atomic E-state index is 13.4. The van der Waals surface area contributed by atoms with E-state index in [1.807, 2.05) is 73.7 Å². The van der Waals surface area contributed by atoms with Gasteiger partial charge in [-0.05, 0) is 42.3 Å². The molecule has 1 fully saturated rings. The monoisotopic (exact) mass is 411 g/mol. The molecule has 1 atom stereocenters. The van der Waals surface area contributed by atoms with Crippen molar-refractivity contribution in [3.8, 4) is 11.5 Å². The van der Waals surface area contributed by atoms with E-state index in [0.29, 0.717) is 11.6 Å². The molecule has 1 N–H and O–H groups in total. The number of carbonyl (C=O) groups excluding carboxylic acids is 2. The predicted molar refractivity (Wildman–Crippen MR) is 117 cm³/mol. The van der Waals surface area contributed by atoms with Crippen molar-refractivity contribution in [2.75, 3.05) is 0 Å². The largest absolute Gasteiger partial charge is 0.444 e. The Morgan fingerprint density at radius 1 is 1.00 bits per heavy atom. The number of hydrogen-bond acceptors (Lipinski definition) is 4. The minimum Gasteiger partial charge on any atom is -0.444 e. The van der Waals surface area contributed by atoms with Gasteiger partial charge in [-0.2, -0.15) is 0 Å². The van der Waals surface area contributed by atoms with Crippen LogP contribution in [0.5, 0.6) is 0 Å². The van der Waals surface area contributed by atoms with Crippen LogP contribution in [0.1, 0.15) is 23.7 Å². The quantitative estimate of drug-likeness (QED) is 0.491. The molecular formula is C25H21N3O3. The second kappa shape index (κ2) is 7.09. The minimum atomic E-state index is -1.15. The van der Waals surface area contributed by atoms with Crippen molar-refractivity contribution in [1.29, 1.82) is 0 Å². The van der Waals surface area contributed by atoms with Crippen LogP contribution in [-0.2, 0) is 16.9 Å². The number of imide groups is 1. The predicted octanol–water partition coefficient (Wildman–Crippen LogP) is 4.77. The lowest BCUT2D eigenvalue weighted by molar-refractivity contribution is -0.131. The summed E-state index contributed by atoms with van der Waals surface area (Å²) in [4.78, 5) is 31.8. The van der Waals surface area contributed by atoms with Gasteiger partial charge >= 0.3 is 6.03 Å². The van der Waals surface area contributed by atoms with Crippen LogP contribution in [0.4, 0.5) is 4.79 Å². The van der Waals surface area contributed by atoms with Gasteiger partial charge in [-0.25, -0.2) is 9.78 Å². The Balaban J connectivity index is 1.44. The second-order valence-electron chi connectivity index (χ2n) is 7.98. The highest BCUT2D eigenvalue weighted by atomic mass is 16.3. The van der Waals surface area contributed by atoms with E-state index >= 15 is 0 Å². The summed E-state index contributed by atoms with van der Waals surface area (Å²) in [5, 5.41) is 4.83. The van der Waals surface area contributed by atoms with Gasteiger partial charge in [-0.3, -0.25) is 9.69 Å². The number of benzene rings is 3. The van der Waals surface area contributed by atoms with E-state index in [4.69, 9.17) is 4.42 Å². The Labute approximate surface area is 179 Å². The summed E-state index contributed by atoms with van der Waals surface area (Å²) in [6, 6.07) is 21.0. The molecule has 0 spiro atoms. The second-order valence-corrected chi connectivity index (χ2v) is 7.98. The van der Waals surface area contributed by atoms with E-state index in [1.54, 1.807) is 6.92 Å². The molecule has 4 aromatic rings. The summed E-state index contributed by atoms with van der Waals surface area (Å²) in [5.74, 6) is 0.146. The van der Waals surface area contributed by atoms with Crippen LogP contribution in [0.15, 0.2) is 77.4 Å². The van der Waals surface area contributed by atoms with E-state index in [0.717, 1.165) is 27.5 Å². The zero-order valence-electron chi connectivity index (χ0n) is 17.3. The molecule has 1 aliphatic heterocycles. The topological polar surface area (TPSA) is 75.4 Å². The SMILES string of the molecule is Cc1ccc(-c2nc(CN3C(=O)NC(C)(c4cccc5ccccc45)C3=O)co2)cc1. The summed E-state index contributed by atoms with van der Waals surface area (Å²) in [5.41, 5.74) is 2.12. The maximum Gasteiger partial charge on any atom is 0.325 e. The first kappa shape index (κ1) is 19.1. The van der Waals surface area contributed by atoms with Crippen molar-refractivity contribution >= 4 is 22.7 Å². The Bertz CT molecular complexity index is 1300. The van der Waals surface area contributed by atoms with Crippen molar-refractivity contribution in [3.63, 3.8) is 0 Å². The molecular weight excluding hydrogens is 390 g/mol. The third kappa shape index (κ3) is 3.17. The Morgan fingerprint density at radius 2 is 1.74 bits per heavy atom. The third-order valence-corrected chi connectivity index (χ3v) is 5.77. The molecule has 1 aromatic heterocycles. The normalized spacial score (nSPS) is 18.6. The van der Waals surface area contributed by atoms with Crippen molar-refractivity contribution < 1.29 is 14.0 Å². The van der Waals surface area contributed by atoms with Gasteiger partial charge in [0.25, 0.3) is 5.91 Å². The Hall–Kier alpha value is -3.93. The summed E-state index contributed by atoms with van der Waals surface area (Å²) in [6.07, 6.45) is 1.49. The Kier molecular flexibility index (Phi) is 4.36. The first-order valence-corrected chi connectivity index (χ1v) is 10.1. The molecule has 3 aromatic carbocycles. The zero-order valence-corrected chi connectivity index (χ0v) is 17.3. The van der Waals surface area contributed by atoms with Gasteiger partial charge in [0.05, 0.1) is 12.2 Å². The van der Waals surface area contributed by atoms with Gasteiger partial charge in [0.1, 0.15) is 11.8 Å². The number of amides is 3. The number of aromatic nitrogens is 1. The highest BCUT2D eigenvalue weighted by molar-refractivity contribution is 6.09. The number of urea groups is 1. The zero-order chi connectivity index (χ0) is 21.6. The van der Waals surface area contributed by atoms with Gasteiger partial charge in [-0.1, -0.05) is 60.2 Å². The molecule has 154 valence electrons. The van der Waals surface area contributed by atoms with Gasteiger partial charge < -0.3 is 9.73 Å². The van der Waals surface area contributed by atoms with Crippen LogP contribution in [0.25, 0.3) is 22.2 Å². The van der Waals surface area contributed by atoms with Gasteiger partial charge in [0, 0.05) is 5.56 Å². The number of carbonyl (C=O) groups is 2. The van der Waals surface area contributed by atoms with E-state index in [-0.39, 0.29) is 12.5 Å². The first-order valence-electron chi connectivity index (χ1n) is 10.1. The molecule has 3 amide bonds. The van der Waals surface area contributed by atoms with Crippen LogP contribution >= 0.6 is 0 Å². The summed E-state index contributed by atoms with van der Waals surface area (Å²) in [7, 11) is 0. The van der Waals surface area contributed by atoms with E-state index in [1.165, 1.54) is 11.2 Å². The highest BCUT2D eigenvalue weighted by Crippen LogP contribution is 2.34. The van der Waals surface area contributed by atoms with Crippen molar-refractivity contribution in [2.24, 2.45) is 0 Å². The van der Waals surface area contributed by atoms with E-state index in [2.05, 4.69) is 10.3 Å². The average molecular weight is 411 g/mol. The molecule has 1 aliphatic rings. The number of aryl methyl sites for hydroxylation is 1. The lowest BCUT2D eigenvalue weighted by atomic mass is 9.88. The molecule has 5 rings (SSSR count). The van der Waals surface area contributed by atoms with Crippen molar-refractivity contribution in [2.45, 2.75) is 25.9 Å². The van der Waals surface area contributed by atoms with Crippen molar-refractivity contribution in [3.05, 3.63) is 89.8 Å².